The fourth-order valence-corrected chi connectivity index (χ4v) is 1.35. The number of aliphatic imine (C=N–C) groups is 1. The fraction of sp³-hybridized carbons (Fsp3) is 0.300. The number of methoxy groups -OCH3 is 1. The molecule has 0 N–H and O–H groups in total. The molecule has 1 heterocycles. The zero-order valence-corrected chi connectivity index (χ0v) is 7.79. The van der Waals surface area contributed by atoms with Gasteiger partial charge in [0.05, 0.1) is 19.2 Å². The number of hydrogen-bond acceptors (Lipinski definition) is 3. The third-order valence-electron chi connectivity index (χ3n) is 1.98. The van der Waals surface area contributed by atoms with E-state index in [1.54, 1.807) is 6.07 Å². The van der Waals surface area contributed by atoms with Gasteiger partial charge in [-0.25, -0.2) is 9.38 Å². The van der Waals surface area contributed by atoms with Crippen molar-refractivity contribution in [2.75, 3.05) is 20.3 Å². The summed E-state index contributed by atoms with van der Waals surface area (Å²) < 4.78 is 23.3. The van der Waals surface area contributed by atoms with Crippen molar-refractivity contribution in [3.8, 4) is 5.75 Å². The van der Waals surface area contributed by atoms with Crippen molar-refractivity contribution in [3.05, 3.63) is 29.6 Å². The maximum absolute atomic E-state index is 13.0. The topological polar surface area (TPSA) is 30.8 Å². The van der Waals surface area contributed by atoms with Gasteiger partial charge in [0.25, 0.3) is 0 Å². The molecular weight excluding hydrogens is 185 g/mol. The smallest absolute Gasteiger partial charge is 0.220 e. The van der Waals surface area contributed by atoms with E-state index in [4.69, 9.17) is 9.47 Å². The van der Waals surface area contributed by atoms with E-state index in [0.29, 0.717) is 30.4 Å². The van der Waals surface area contributed by atoms with Crippen LogP contribution < -0.4 is 4.74 Å². The lowest BCUT2D eigenvalue weighted by molar-refractivity contribution is 0.345. The average Bonchev–Trinajstić information content (AvgIpc) is 2.70. The highest BCUT2D eigenvalue weighted by atomic mass is 19.1. The summed E-state index contributed by atoms with van der Waals surface area (Å²) in [7, 11) is 1.53. The molecule has 0 atom stereocenters. The molecule has 74 valence electrons. The van der Waals surface area contributed by atoms with Gasteiger partial charge in [0.2, 0.25) is 5.90 Å². The second kappa shape index (κ2) is 3.65. The first kappa shape index (κ1) is 8.99. The first-order valence-electron chi connectivity index (χ1n) is 4.32. The zero-order valence-electron chi connectivity index (χ0n) is 7.79. The number of rotatable bonds is 2. The number of benzene rings is 1. The first-order chi connectivity index (χ1) is 6.81. The quantitative estimate of drug-likeness (QED) is 0.717. The largest absolute Gasteiger partial charge is 0.496 e. The van der Waals surface area contributed by atoms with Gasteiger partial charge in [-0.05, 0) is 18.2 Å². The van der Waals surface area contributed by atoms with Gasteiger partial charge in [0.1, 0.15) is 18.2 Å². The Morgan fingerprint density at radius 2 is 2.36 bits per heavy atom. The van der Waals surface area contributed by atoms with E-state index in [9.17, 15) is 4.39 Å². The molecule has 0 aliphatic carbocycles. The Morgan fingerprint density at radius 3 is 3.00 bits per heavy atom. The molecule has 1 aliphatic rings. The summed E-state index contributed by atoms with van der Waals surface area (Å²) in [6.07, 6.45) is 0. The van der Waals surface area contributed by atoms with Crippen LogP contribution in [0.2, 0.25) is 0 Å². The Bertz CT molecular complexity index is 376. The highest BCUT2D eigenvalue weighted by molar-refractivity contribution is 5.97. The van der Waals surface area contributed by atoms with Crippen LogP contribution in [0.15, 0.2) is 23.2 Å². The summed E-state index contributed by atoms with van der Waals surface area (Å²) in [6.45, 7) is 1.17. The number of halogens is 1. The lowest BCUT2D eigenvalue weighted by Gasteiger charge is -2.07. The minimum Gasteiger partial charge on any atom is -0.496 e. The van der Waals surface area contributed by atoms with E-state index >= 15 is 0 Å². The van der Waals surface area contributed by atoms with Crippen molar-refractivity contribution in [1.82, 2.24) is 0 Å². The van der Waals surface area contributed by atoms with Crippen molar-refractivity contribution in [2.24, 2.45) is 4.99 Å². The molecule has 1 aromatic carbocycles. The van der Waals surface area contributed by atoms with Gasteiger partial charge in [0.15, 0.2) is 0 Å². The highest BCUT2D eigenvalue weighted by Crippen LogP contribution is 2.21. The number of nitrogens with zero attached hydrogens (tertiary/aromatic N) is 1. The van der Waals surface area contributed by atoms with E-state index in [0.717, 1.165) is 0 Å². The zero-order chi connectivity index (χ0) is 9.97. The normalized spacial score (nSPS) is 14.9. The molecule has 0 saturated carbocycles. The summed E-state index contributed by atoms with van der Waals surface area (Å²) in [5, 5.41) is 0. The molecule has 0 aromatic heterocycles. The van der Waals surface area contributed by atoms with E-state index in [-0.39, 0.29) is 5.82 Å². The van der Waals surface area contributed by atoms with E-state index in [2.05, 4.69) is 4.99 Å². The Balaban J connectivity index is 2.43. The summed E-state index contributed by atoms with van der Waals surface area (Å²) in [4.78, 5) is 4.10. The molecule has 0 unspecified atom stereocenters. The Morgan fingerprint density at radius 1 is 1.50 bits per heavy atom. The predicted octanol–water partition coefficient (Wildman–Crippen LogP) is 1.61. The Kier molecular flexibility index (Phi) is 2.35. The number of hydrogen-bond donors (Lipinski definition) is 0. The standard InChI is InChI=1S/C10H10FNO2/c1-13-9-3-2-7(11)6-8(9)10-12-4-5-14-10/h2-3,6H,4-5H2,1H3. The molecule has 0 spiro atoms. The van der Waals surface area contributed by atoms with Crippen molar-refractivity contribution >= 4 is 5.90 Å². The molecule has 0 saturated heterocycles. The second-order valence-electron chi connectivity index (χ2n) is 2.88. The Hall–Kier alpha value is -1.58. The minimum atomic E-state index is -0.320. The van der Waals surface area contributed by atoms with Crippen LogP contribution in [0, 0.1) is 5.82 Å². The Labute approximate surface area is 81.2 Å². The van der Waals surface area contributed by atoms with Gasteiger partial charge in [-0.15, -0.1) is 0 Å². The second-order valence-corrected chi connectivity index (χ2v) is 2.88. The van der Waals surface area contributed by atoms with Gasteiger partial charge in [-0.2, -0.15) is 0 Å². The minimum absolute atomic E-state index is 0.320. The van der Waals surface area contributed by atoms with Gasteiger partial charge < -0.3 is 9.47 Å². The highest BCUT2D eigenvalue weighted by Gasteiger charge is 2.15. The molecule has 14 heavy (non-hydrogen) atoms. The maximum atomic E-state index is 13.0. The molecular formula is C10H10FNO2. The monoisotopic (exact) mass is 195 g/mol. The van der Waals surface area contributed by atoms with Gasteiger partial charge >= 0.3 is 0 Å². The van der Waals surface area contributed by atoms with Crippen LogP contribution >= 0.6 is 0 Å². The summed E-state index contributed by atoms with van der Waals surface area (Å²) in [5.74, 6) is 0.715. The molecule has 2 rings (SSSR count). The van der Waals surface area contributed by atoms with Crippen LogP contribution in [0.25, 0.3) is 0 Å². The van der Waals surface area contributed by atoms with Crippen LogP contribution in [0.3, 0.4) is 0 Å². The van der Waals surface area contributed by atoms with Crippen molar-refractivity contribution in [2.45, 2.75) is 0 Å². The molecule has 0 bridgehead atoms. The summed E-state index contributed by atoms with van der Waals surface area (Å²) in [6, 6.07) is 4.27. The third-order valence-corrected chi connectivity index (χ3v) is 1.98. The van der Waals surface area contributed by atoms with E-state index in [1.807, 2.05) is 0 Å². The average molecular weight is 195 g/mol. The van der Waals surface area contributed by atoms with Crippen molar-refractivity contribution in [3.63, 3.8) is 0 Å². The molecule has 1 aromatic rings. The molecule has 0 radical (unpaired) electrons. The summed E-state index contributed by atoms with van der Waals surface area (Å²) >= 11 is 0. The van der Waals surface area contributed by atoms with Gasteiger partial charge in [-0.1, -0.05) is 0 Å². The molecule has 1 aliphatic heterocycles. The van der Waals surface area contributed by atoms with Crippen molar-refractivity contribution in [1.29, 1.82) is 0 Å². The van der Waals surface area contributed by atoms with Crippen LogP contribution in [0.4, 0.5) is 4.39 Å². The van der Waals surface area contributed by atoms with Crippen molar-refractivity contribution < 1.29 is 13.9 Å². The van der Waals surface area contributed by atoms with Crippen LogP contribution in [0.5, 0.6) is 5.75 Å². The van der Waals surface area contributed by atoms with Gasteiger partial charge in [0, 0.05) is 0 Å². The van der Waals surface area contributed by atoms with Crippen LogP contribution in [-0.2, 0) is 4.74 Å². The number of ether oxygens (including phenoxy) is 2. The lowest BCUT2D eigenvalue weighted by atomic mass is 10.2. The summed E-state index contributed by atoms with van der Waals surface area (Å²) in [5.41, 5.74) is 0.574. The maximum Gasteiger partial charge on any atom is 0.220 e. The lowest BCUT2D eigenvalue weighted by Crippen LogP contribution is -2.04. The van der Waals surface area contributed by atoms with E-state index < -0.39 is 0 Å². The van der Waals surface area contributed by atoms with E-state index in [1.165, 1.54) is 19.2 Å². The van der Waals surface area contributed by atoms with Crippen LogP contribution in [0.1, 0.15) is 5.56 Å². The first-order valence-corrected chi connectivity index (χ1v) is 4.32. The third kappa shape index (κ3) is 1.55. The van der Waals surface area contributed by atoms with Crippen LogP contribution in [-0.4, -0.2) is 26.2 Å². The molecule has 3 nitrogen and oxygen atoms in total. The SMILES string of the molecule is COc1ccc(F)cc1C1=NCCO1. The predicted molar refractivity (Wildman–Crippen MR) is 50.3 cm³/mol. The van der Waals surface area contributed by atoms with Gasteiger partial charge in [-0.3, -0.25) is 0 Å². The molecule has 4 heteroatoms. The molecule has 0 amide bonds. The molecule has 0 fully saturated rings. The fourth-order valence-electron chi connectivity index (χ4n) is 1.35.